The van der Waals surface area contributed by atoms with Gasteiger partial charge in [-0.25, -0.2) is 4.98 Å². The van der Waals surface area contributed by atoms with Gasteiger partial charge in [0.25, 0.3) is 0 Å². The van der Waals surface area contributed by atoms with Crippen LogP contribution in [0.4, 0.5) is 0 Å². The molecule has 0 aromatic carbocycles. The first-order valence-electron chi connectivity index (χ1n) is 4.72. The third-order valence-corrected chi connectivity index (χ3v) is 2.06. The standard InChI is InChI=1S/C10H17NO/c1-4-6-8(3)10-11-7-9(5-2)12-10/h7-8H,4-6H2,1-3H3. The van der Waals surface area contributed by atoms with Crippen LogP contribution in [-0.4, -0.2) is 4.98 Å². The van der Waals surface area contributed by atoms with Crippen molar-refractivity contribution >= 4 is 0 Å². The van der Waals surface area contributed by atoms with Gasteiger partial charge in [-0.3, -0.25) is 0 Å². The number of oxazole rings is 1. The van der Waals surface area contributed by atoms with Crippen molar-refractivity contribution in [2.45, 2.75) is 46.0 Å². The molecule has 0 spiro atoms. The summed E-state index contributed by atoms with van der Waals surface area (Å²) in [6.07, 6.45) is 5.11. The zero-order chi connectivity index (χ0) is 8.97. The minimum Gasteiger partial charge on any atom is -0.445 e. The molecule has 0 fully saturated rings. The summed E-state index contributed by atoms with van der Waals surface area (Å²) in [5, 5.41) is 0. The Labute approximate surface area is 74.0 Å². The highest BCUT2D eigenvalue weighted by molar-refractivity contribution is 4.97. The van der Waals surface area contributed by atoms with E-state index in [4.69, 9.17) is 4.42 Å². The second-order valence-electron chi connectivity index (χ2n) is 3.21. The molecule has 0 radical (unpaired) electrons. The van der Waals surface area contributed by atoms with E-state index in [2.05, 4.69) is 25.8 Å². The summed E-state index contributed by atoms with van der Waals surface area (Å²) >= 11 is 0. The van der Waals surface area contributed by atoms with Crippen molar-refractivity contribution in [3.63, 3.8) is 0 Å². The largest absolute Gasteiger partial charge is 0.445 e. The summed E-state index contributed by atoms with van der Waals surface area (Å²) in [6, 6.07) is 0. The van der Waals surface area contributed by atoms with Crippen LogP contribution in [0.25, 0.3) is 0 Å². The Kier molecular flexibility index (Phi) is 3.32. The molecule has 0 aliphatic rings. The van der Waals surface area contributed by atoms with Crippen LogP contribution in [0.5, 0.6) is 0 Å². The molecule has 0 N–H and O–H groups in total. The van der Waals surface area contributed by atoms with E-state index >= 15 is 0 Å². The van der Waals surface area contributed by atoms with Gasteiger partial charge >= 0.3 is 0 Å². The fourth-order valence-electron chi connectivity index (χ4n) is 1.27. The van der Waals surface area contributed by atoms with Gasteiger partial charge in [0, 0.05) is 12.3 Å². The summed E-state index contributed by atoms with van der Waals surface area (Å²) < 4.78 is 5.54. The highest BCUT2D eigenvalue weighted by Gasteiger charge is 2.10. The Morgan fingerprint density at radius 2 is 2.25 bits per heavy atom. The van der Waals surface area contributed by atoms with Crippen molar-refractivity contribution < 1.29 is 4.42 Å². The van der Waals surface area contributed by atoms with E-state index in [0.717, 1.165) is 24.5 Å². The SMILES string of the molecule is CCCC(C)c1ncc(CC)o1. The zero-order valence-electron chi connectivity index (χ0n) is 8.13. The second kappa shape index (κ2) is 4.29. The summed E-state index contributed by atoms with van der Waals surface area (Å²) in [6.45, 7) is 6.42. The maximum absolute atomic E-state index is 5.54. The average Bonchev–Trinajstić information content (AvgIpc) is 2.52. The van der Waals surface area contributed by atoms with E-state index in [0.29, 0.717) is 5.92 Å². The lowest BCUT2D eigenvalue weighted by atomic mass is 10.1. The van der Waals surface area contributed by atoms with Crippen molar-refractivity contribution in [1.82, 2.24) is 4.98 Å². The van der Waals surface area contributed by atoms with Crippen LogP contribution >= 0.6 is 0 Å². The molecular formula is C10H17NO. The van der Waals surface area contributed by atoms with Gasteiger partial charge in [0.1, 0.15) is 5.76 Å². The van der Waals surface area contributed by atoms with E-state index in [-0.39, 0.29) is 0 Å². The molecule has 0 aliphatic heterocycles. The summed E-state index contributed by atoms with van der Waals surface area (Å²) in [4.78, 5) is 4.24. The Balaban J connectivity index is 2.61. The molecule has 2 nitrogen and oxygen atoms in total. The Bertz CT molecular complexity index is 229. The highest BCUT2D eigenvalue weighted by atomic mass is 16.4. The van der Waals surface area contributed by atoms with Crippen LogP contribution in [0, 0.1) is 0 Å². The Morgan fingerprint density at radius 3 is 2.75 bits per heavy atom. The molecule has 1 rings (SSSR count). The summed E-state index contributed by atoms with van der Waals surface area (Å²) in [7, 11) is 0. The monoisotopic (exact) mass is 167 g/mol. The van der Waals surface area contributed by atoms with Gasteiger partial charge in [-0.2, -0.15) is 0 Å². The predicted octanol–water partition coefficient (Wildman–Crippen LogP) is 3.14. The van der Waals surface area contributed by atoms with E-state index in [1.54, 1.807) is 0 Å². The molecular weight excluding hydrogens is 150 g/mol. The van der Waals surface area contributed by atoms with Crippen LogP contribution < -0.4 is 0 Å². The maximum atomic E-state index is 5.54. The van der Waals surface area contributed by atoms with Crippen LogP contribution in [0.3, 0.4) is 0 Å². The molecule has 1 aromatic rings. The lowest BCUT2D eigenvalue weighted by Gasteiger charge is -2.03. The molecule has 0 aliphatic carbocycles. The molecule has 2 heteroatoms. The van der Waals surface area contributed by atoms with E-state index in [9.17, 15) is 0 Å². The summed E-state index contributed by atoms with van der Waals surface area (Å²) in [5.74, 6) is 2.36. The lowest BCUT2D eigenvalue weighted by molar-refractivity contribution is 0.418. The predicted molar refractivity (Wildman–Crippen MR) is 49.2 cm³/mol. The normalized spacial score (nSPS) is 13.2. The van der Waals surface area contributed by atoms with Crippen molar-refractivity contribution in [2.75, 3.05) is 0 Å². The third kappa shape index (κ3) is 2.10. The summed E-state index contributed by atoms with van der Waals surface area (Å²) in [5.41, 5.74) is 0. The van der Waals surface area contributed by atoms with Crippen molar-refractivity contribution in [1.29, 1.82) is 0 Å². The van der Waals surface area contributed by atoms with Gasteiger partial charge in [0.15, 0.2) is 5.89 Å². The van der Waals surface area contributed by atoms with Gasteiger partial charge < -0.3 is 4.42 Å². The first-order valence-corrected chi connectivity index (χ1v) is 4.72. The Hall–Kier alpha value is -0.790. The van der Waals surface area contributed by atoms with Gasteiger partial charge in [-0.15, -0.1) is 0 Å². The van der Waals surface area contributed by atoms with Gasteiger partial charge in [-0.1, -0.05) is 27.2 Å². The van der Waals surface area contributed by atoms with E-state index in [1.165, 1.54) is 6.42 Å². The smallest absolute Gasteiger partial charge is 0.197 e. The van der Waals surface area contributed by atoms with E-state index < -0.39 is 0 Å². The van der Waals surface area contributed by atoms with Crippen molar-refractivity contribution in [3.8, 4) is 0 Å². The second-order valence-corrected chi connectivity index (χ2v) is 3.21. The van der Waals surface area contributed by atoms with Gasteiger partial charge in [-0.05, 0) is 6.42 Å². The van der Waals surface area contributed by atoms with Crippen molar-refractivity contribution in [2.24, 2.45) is 0 Å². The molecule has 0 amide bonds. The molecule has 68 valence electrons. The lowest BCUT2D eigenvalue weighted by Crippen LogP contribution is -1.91. The van der Waals surface area contributed by atoms with Crippen molar-refractivity contribution in [3.05, 3.63) is 17.8 Å². The topological polar surface area (TPSA) is 26.0 Å². The average molecular weight is 167 g/mol. The molecule has 1 atom stereocenters. The van der Waals surface area contributed by atoms with Crippen LogP contribution in [0.15, 0.2) is 10.6 Å². The van der Waals surface area contributed by atoms with Crippen LogP contribution in [0.1, 0.15) is 51.2 Å². The first kappa shape index (κ1) is 9.30. The third-order valence-electron chi connectivity index (χ3n) is 2.06. The first-order chi connectivity index (χ1) is 5.77. The molecule has 0 bridgehead atoms. The number of hydrogen-bond acceptors (Lipinski definition) is 2. The van der Waals surface area contributed by atoms with Crippen LogP contribution in [0.2, 0.25) is 0 Å². The van der Waals surface area contributed by atoms with E-state index in [1.807, 2.05) is 6.20 Å². The molecule has 1 aromatic heterocycles. The number of aryl methyl sites for hydroxylation is 1. The van der Waals surface area contributed by atoms with Crippen LogP contribution in [-0.2, 0) is 6.42 Å². The fraction of sp³-hybridized carbons (Fsp3) is 0.700. The minimum atomic E-state index is 0.468. The molecule has 0 saturated carbocycles. The van der Waals surface area contributed by atoms with Gasteiger partial charge in [0.2, 0.25) is 0 Å². The Morgan fingerprint density at radius 1 is 1.50 bits per heavy atom. The fourth-order valence-corrected chi connectivity index (χ4v) is 1.27. The zero-order valence-corrected chi connectivity index (χ0v) is 8.13. The van der Waals surface area contributed by atoms with Gasteiger partial charge in [0.05, 0.1) is 6.20 Å². The molecule has 1 heterocycles. The molecule has 1 unspecified atom stereocenters. The number of nitrogens with zero attached hydrogens (tertiary/aromatic N) is 1. The maximum Gasteiger partial charge on any atom is 0.197 e. The number of aromatic nitrogens is 1. The molecule has 0 saturated heterocycles. The highest BCUT2D eigenvalue weighted by Crippen LogP contribution is 2.19. The quantitative estimate of drug-likeness (QED) is 0.688. The number of rotatable bonds is 4. The molecule has 12 heavy (non-hydrogen) atoms. The number of hydrogen-bond donors (Lipinski definition) is 0. The minimum absolute atomic E-state index is 0.468.